The number of hydrogen-bond acceptors (Lipinski definition) is 5. The van der Waals surface area contributed by atoms with Crippen LogP contribution in [0.3, 0.4) is 0 Å². The molecule has 8 heteroatoms. The van der Waals surface area contributed by atoms with Crippen LogP contribution >= 0.6 is 35.0 Å². The van der Waals surface area contributed by atoms with Gasteiger partial charge in [-0.15, -0.1) is 0 Å². The van der Waals surface area contributed by atoms with Crippen molar-refractivity contribution in [3.05, 3.63) is 76.5 Å². The van der Waals surface area contributed by atoms with Crippen LogP contribution in [0.25, 0.3) is 11.1 Å². The van der Waals surface area contributed by atoms with Crippen molar-refractivity contribution in [3.8, 4) is 11.1 Å². The molecule has 1 aliphatic heterocycles. The summed E-state index contributed by atoms with van der Waals surface area (Å²) >= 11 is 13.5. The Hall–Kier alpha value is -2.12. The van der Waals surface area contributed by atoms with Crippen LogP contribution in [-0.4, -0.2) is 52.7 Å². The Morgan fingerprint density at radius 3 is 2.58 bits per heavy atom. The van der Waals surface area contributed by atoms with E-state index in [2.05, 4.69) is 27.2 Å². The summed E-state index contributed by atoms with van der Waals surface area (Å²) in [4.78, 5) is 23.5. The summed E-state index contributed by atoms with van der Waals surface area (Å²) in [5.74, 6) is 0.825. The molecule has 0 radical (unpaired) electrons. The number of rotatable bonds is 8. The van der Waals surface area contributed by atoms with E-state index in [-0.39, 0.29) is 5.91 Å². The van der Waals surface area contributed by atoms with Crippen molar-refractivity contribution in [1.29, 1.82) is 0 Å². The van der Waals surface area contributed by atoms with E-state index in [1.54, 1.807) is 12.4 Å². The molecule has 2 aromatic carbocycles. The second-order valence-corrected chi connectivity index (χ2v) is 10.1. The predicted molar refractivity (Wildman–Crippen MR) is 136 cm³/mol. The molecular weight excluding hydrogens is 475 g/mol. The fourth-order valence-corrected chi connectivity index (χ4v) is 5.10. The van der Waals surface area contributed by atoms with Gasteiger partial charge in [-0.2, -0.15) is 0 Å². The molecule has 2 unspecified atom stereocenters. The van der Waals surface area contributed by atoms with E-state index in [0.717, 1.165) is 30.5 Å². The Kier molecular flexibility index (Phi) is 8.25. The molecule has 2 atom stereocenters. The molecular formula is C25H26Cl2N4OS. The number of likely N-dealkylation sites (N-methyl/N-ethyl adjacent to an activating group) is 1. The van der Waals surface area contributed by atoms with E-state index in [1.807, 2.05) is 48.5 Å². The number of hydrogen-bond donors (Lipinski definition) is 1. The lowest BCUT2D eigenvalue weighted by molar-refractivity contribution is -0.118. The van der Waals surface area contributed by atoms with Crippen molar-refractivity contribution >= 4 is 40.9 Å². The molecule has 1 amide bonds. The number of likely N-dealkylation sites (tertiary alicyclic amines) is 1. The first kappa shape index (κ1) is 24.0. The van der Waals surface area contributed by atoms with Gasteiger partial charge in [0.25, 0.3) is 0 Å². The molecule has 1 saturated heterocycles. The lowest BCUT2D eigenvalue weighted by Gasteiger charge is -2.19. The van der Waals surface area contributed by atoms with Crippen LogP contribution in [0.4, 0.5) is 0 Å². The van der Waals surface area contributed by atoms with Gasteiger partial charge < -0.3 is 10.2 Å². The van der Waals surface area contributed by atoms with E-state index in [9.17, 15) is 4.79 Å². The molecule has 0 saturated carbocycles. The zero-order chi connectivity index (χ0) is 23.2. The third kappa shape index (κ3) is 6.70. The minimum Gasteiger partial charge on any atom is -0.354 e. The summed E-state index contributed by atoms with van der Waals surface area (Å²) in [7, 11) is 2.11. The predicted octanol–water partition coefficient (Wildman–Crippen LogP) is 5.22. The summed E-state index contributed by atoms with van der Waals surface area (Å²) in [6, 6.07) is 16.2. The second-order valence-electron chi connectivity index (χ2n) is 8.36. The maximum Gasteiger partial charge on any atom is 0.230 e. The molecule has 3 aromatic rings. The Bertz CT molecular complexity index is 1080. The zero-order valence-electron chi connectivity index (χ0n) is 18.4. The Balaban J connectivity index is 1.20. The monoisotopic (exact) mass is 500 g/mol. The number of carbonyl (C=O) groups is 1. The van der Waals surface area contributed by atoms with Crippen LogP contribution in [0.5, 0.6) is 0 Å². The Labute approximate surface area is 208 Å². The largest absolute Gasteiger partial charge is 0.354 e. The number of carbonyl (C=O) groups excluding carboxylic acids is 1. The molecule has 172 valence electrons. The topological polar surface area (TPSA) is 58.1 Å². The number of amides is 1. The zero-order valence-corrected chi connectivity index (χ0v) is 20.7. The Morgan fingerprint density at radius 2 is 1.85 bits per heavy atom. The third-order valence-electron chi connectivity index (χ3n) is 5.89. The van der Waals surface area contributed by atoms with Crippen LogP contribution in [0.2, 0.25) is 10.0 Å². The second kappa shape index (κ2) is 11.3. The first-order chi connectivity index (χ1) is 16.0. The van der Waals surface area contributed by atoms with Gasteiger partial charge in [0.05, 0.1) is 15.8 Å². The van der Waals surface area contributed by atoms with Gasteiger partial charge in [-0.1, -0.05) is 71.4 Å². The van der Waals surface area contributed by atoms with Crippen molar-refractivity contribution in [3.63, 3.8) is 0 Å². The summed E-state index contributed by atoms with van der Waals surface area (Å²) < 4.78 is 0. The number of thioether (sulfide) groups is 1. The molecule has 0 bridgehead atoms. The van der Waals surface area contributed by atoms with Gasteiger partial charge in [-0.05, 0) is 49.1 Å². The number of benzene rings is 2. The quantitative estimate of drug-likeness (QED) is 0.339. The van der Waals surface area contributed by atoms with Gasteiger partial charge in [0.15, 0.2) is 5.16 Å². The number of nitrogens with one attached hydrogen (secondary N) is 1. The fraction of sp³-hybridized carbons (Fsp3) is 0.320. The van der Waals surface area contributed by atoms with E-state index < -0.39 is 0 Å². The van der Waals surface area contributed by atoms with E-state index in [0.29, 0.717) is 39.5 Å². The van der Waals surface area contributed by atoms with Crippen LogP contribution in [0.15, 0.2) is 66.1 Å². The molecule has 1 fully saturated rings. The normalized spacial score (nSPS) is 18.4. The lowest BCUT2D eigenvalue weighted by Crippen LogP contribution is -2.38. The maximum atomic E-state index is 12.4. The maximum absolute atomic E-state index is 12.4. The molecule has 0 aliphatic carbocycles. The highest BCUT2D eigenvalue weighted by Gasteiger charge is 2.29. The van der Waals surface area contributed by atoms with Gasteiger partial charge in [0.1, 0.15) is 0 Å². The smallest absolute Gasteiger partial charge is 0.230 e. The third-order valence-corrected chi connectivity index (χ3v) is 7.50. The first-order valence-corrected chi connectivity index (χ1v) is 12.6. The van der Waals surface area contributed by atoms with Crippen LogP contribution in [0, 0.1) is 5.92 Å². The fourth-order valence-electron chi connectivity index (χ4n) is 4.17. The van der Waals surface area contributed by atoms with Gasteiger partial charge in [-0.25, -0.2) is 9.97 Å². The first-order valence-electron chi connectivity index (χ1n) is 10.9. The lowest BCUT2D eigenvalue weighted by atomic mass is 9.97. The van der Waals surface area contributed by atoms with Crippen molar-refractivity contribution < 1.29 is 4.79 Å². The van der Waals surface area contributed by atoms with E-state index in [1.165, 1.54) is 17.3 Å². The SMILES string of the molecule is CN1CC(Cc2ccc(Cl)c(Cl)c2)CC1CNC(=O)CSc1ncc(-c2ccccc2)cn1. The molecule has 5 nitrogen and oxygen atoms in total. The van der Waals surface area contributed by atoms with Crippen molar-refractivity contribution in [2.45, 2.75) is 24.0 Å². The molecule has 1 N–H and O–H groups in total. The van der Waals surface area contributed by atoms with Crippen molar-refractivity contribution in [2.75, 3.05) is 25.9 Å². The average molecular weight is 501 g/mol. The van der Waals surface area contributed by atoms with Crippen molar-refractivity contribution in [2.24, 2.45) is 5.92 Å². The van der Waals surface area contributed by atoms with E-state index >= 15 is 0 Å². The summed E-state index contributed by atoms with van der Waals surface area (Å²) in [6.45, 7) is 1.64. The van der Waals surface area contributed by atoms with Gasteiger partial charge >= 0.3 is 0 Å². The minimum atomic E-state index is -0.00271. The Morgan fingerprint density at radius 1 is 1.09 bits per heavy atom. The summed E-state index contributed by atoms with van der Waals surface area (Å²) in [5.41, 5.74) is 3.23. The van der Waals surface area contributed by atoms with Gasteiger partial charge in [0.2, 0.25) is 5.91 Å². The van der Waals surface area contributed by atoms with Gasteiger partial charge in [0, 0.05) is 37.1 Å². The molecule has 1 aromatic heterocycles. The number of nitrogens with zero attached hydrogens (tertiary/aromatic N) is 3. The number of aromatic nitrogens is 2. The minimum absolute atomic E-state index is 0.00271. The highest BCUT2D eigenvalue weighted by atomic mass is 35.5. The standard InChI is InChI=1S/C25H26Cl2N4OS/c1-31-15-18(9-17-7-8-22(26)23(27)11-17)10-21(31)14-28-24(32)16-33-25-29-12-20(13-30-25)19-5-3-2-4-6-19/h2-8,11-13,18,21H,9-10,14-16H2,1H3,(H,28,32). The molecule has 33 heavy (non-hydrogen) atoms. The van der Waals surface area contributed by atoms with Crippen LogP contribution in [0.1, 0.15) is 12.0 Å². The number of halogens is 2. The van der Waals surface area contributed by atoms with Crippen LogP contribution < -0.4 is 5.32 Å². The molecule has 4 rings (SSSR count). The average Bonchev–Trinajstić information content (AvgIpc) is 3.18. The van der Waals surface area contributed by atoms with Crippen molar-refractivity contribution in [1.82, 2.24) is 20.2 Å². The highest BCUT2D eigenvalue weighted by molar-refractivity contribution is 7.99. The summed E-state index contributed by atoms with van der Waals surface area (Å²) in [6.07, 6.45) is 5.58. The molecule has 2 heterocycles. The van der Waals surface area contributed by atoms with E-state index in [4.69, 9.17) is 23.2 Å². The van der Waals surface area contributed by atoms with Gasteiger partial charge in [-0.3, -0.25) is 4.79 Å². The highest BCUT2D eigenvalue weighted by Crippen LogP contribution is 2.28. The molecule has 1 aliphatic rings. The molecule has 0 spiro atoms. The summed E-state index contributed by atoms with van der Waals surface area (Å²) in [5, 5.41) is 4.85. The van der Waals surface area contributed by atoms with Crippen LogP contribution in [-0.2, 0) is 11.2 Å².